The minimum absolute atomic E-state index is 0.0600. The molecule has 0 spiro atoms. The number of fused-ring (bicyclic) bond motifs is 1. The highest BCUT2D eigenvalue weighted by atomic mass is 19.1. The maximum Gasteiger partial charge on any atom is 0.269 e. The van der Waals surface area contributed by atoms with Gasteiger partial charge in [-0.3, -0.25) is 14.5 Å². The van der Waals surface area contributed by atoms with Crippen LogP contribution in [0.3, 0.4) is 0 Å². The van der Waals surface area contributed by atoms with E-state index in [2.05, 4.69) is 20.2 Å². The summed E-state index contributed by atoms with van der Waals surface area (Å²) in [6.07, 6.45) is 7.07. The van der Waals surface area contributed by atoms with Crippen LogP contribution in [0.2, 0.25) is 0 Å². The molecule has 0 bridgehead atoms. The molecule has 176 valence electrons. The van der Waals surface area contributed by atoms with Crippen LogP contribution in [0.1, 0.15) is 65.6 Å². The van der Waals surface area contributed by atoms with Gasteiger partial charge in [0.15, 0.2) is 0 Å². The second-order valence-corrected chi connectivity index (χ2v) is 9.36. The average molecular weight is 455 g/mol. The van der Waals surface area contributed by atoms with Crippen molar-refractivity contribution < 1.29 is 9.18 Å². The van der Waals surface area contributed by atoms with E-state index in [1.807, 2.05) is 4.90 Å². The first-order valence-electron chi connectivity index (χ1n) is 12.0. The van der Waals surface area contributed by atoms with E-state index in [-0.39, 0.29) is 11.3 Å². The molecular weight excluding hydrogens is 423 g/mol. The molecular formula is C24H31FN6O2. The van der Waals surface area contributed by atoms with Crippen LogP contribution in [0.15, 0.2) is 16.9 Å². The van der Waals surface area contributed by atoms with Gasteiger partial charge in [0.1, 0.15) is 11.5 Å². The SMILES string of the molecule is CNC(=O)c1ccc(N2CCN([C@H]3CC[C@@H](c4nc5c(c(=O)[nH]4)CCCC5)C3)CC2)c(F)n1. The quantitative estimate of drug-likeness (QED) is 0.687. The molecule has 3 heterocycles. The number of pyridine rings is 1. The van der Waals surface area contributed by atoms with Crippen molar-refractivity contribution in [1.82, 2.24) is 25.2 Å². The highest BCUT2D eigenvalue weighted by Crippen LogP contribution is 2.36. The van der Waals surface area contributed by atoms with E-state index in [0.29, 0.717) is 30.7 Å². The number of piperazine rings is 1. The fourth-order valence-electron chi connectivity index (χ4n) is 5.60. The Labute approximate surface area is 192 Å². The van der Waals surface area contributed by atoms with Crippen molar-refractivity contribution in [2.24, 2.45) is 0 Å². The number of aryl methyl sites for hydroxylation is 1. The maximum atomic E-state index is 14.5. The highest BCUT2D eigenvalue weighted by Gasteiger charge is 2.34. The summed E-state index contributed by atoms with van der Waals surface area (Å²) in [6.45, 7) is 3.13. The number of hydrogen-bond acceptors (Lipinski definition) is 6. The van der Waals surface area contributed by atoms with E-state index < -0.39 is 11.9 Å². The molecule has 0 unspecified atom stereocenters. The number of H-pyrrole nitrogens is 1. The fourth-order valence-corrected chi connectivity index (χ4v) is 5.60. The van der Waals surface area contributed by atoms with Gasteiger partial charge in [0.05, 0.1) is 11.4 Å². The topological polar surface area (TPSA) is 94.2 Å². The van der Waals surface area contributed by atoms with Crippen LogP contribution in [-0.2, 0) is 12.8 Å². The van der Waals surface area contributed by atoms with Gasteiger partial charge in [-0.15, -0.1) is 0 Å². The van der Waals surface area contributed by atoms with Crippen molar-refractivity contribution in [3.8, 4) is 0 Å². The summed E-state index contributed by atoms with van der Waals surface area (Å²) in [7, 11) is 1.50. The Morgan fingerprint density at radius 3 is 2.67 bits per heavy atom. The third-order valence-corrected chi connectivity index (χ3v) is 7.46. The Morgan fingerprint density at radius 2 is 1.91 bits per heavy atom. The lowest BCUT2D eigenvalue weighted by molar-refractivity contribution is 0.0957. The van der Waals surface area contributed by atoms with Crippen molar-refractivity contribution in [1.29, 1.82) is 0 Å². The molecule has 2 fully saturated rings. The third-order valence-electron chi connectivity index (χ3n) is 7.46. The molecule has 0 aromatic carbocycles. The van der Waals surface area contributed by atoms with Gasteiger partial charge in [-0.2, -0.15) is 4.39 Å². The lowest BCUT2D eigenvalue weighted by Gasteiger charge is -2.39. The van der Waals surface area contributed by atoms with Gasteiger partial charge in [0.25, 0.3) is 11.5 Å². The molecule has 1 aliphatic heterocycles. The first-order valence-corrected chi connectivity index (χ1v) is 12.0. The number of nitrogens with one attached hydrogen (secondary N) is 2. The van der Waals surface area contributed by atoms with Crippen molar-refractivity contribution >= 4 is 11.6 Å². The van der Waals surface area contributed by atoms with Gasteiger partial charge in [-0.25, -0.2) is 9.97 Å². The third kappa shape index (κ3) is 4.38. The van der Waals surface area contributed by atoms with Gasteiger partial charge in [-0.1, -0.05) is 0 Å². The summed E-state index contributed by atoms with van der Waals surface area (Å²) in [6, 6.07) is 3.67. The van der Waals surface area contributed by atoms with E-state index in [9.17, 15) is 14.0 Å². The monoisotopic (exact) mass is 454 g/mol. The molecule has 2 aromatic heterocycles. The van der Waals surface area contributed by atoms with Crippen LogP contribution in [0.25, 0.3) is 0 Å². The standard InChI is InChI=1S/C24H31FN6O2/c1-26-24(33)19-8-9-20(21(25)27-19)31-12-10-30(11-13-31)16-7-6-15(14-16)22-28-18-5-3-2-4-17(18)23(32)29-22/h8-9,15-16H,2-7,10-14H2,1H3,(H,26,33)(H,28,29,32)/t15-,16+/m1/s1. The fraction of sp³-hybridized carbons (Fsp3) is 0.583. The number of anilines is 1. The molecule has 0 radical (unpaired) electrons. The van der Waals surface area contributed by atoms with Crippen molar-refractivity contribution in [3.05, 3.63) is 51.2 Å². The van der Waals surface area contributed by atoms with Gasteiger partial charge in [0.2, 0.25) is 5.95 Å². The molecule has 9 heteroatoms. The van der Waals surface area contributed by atoms with Gasteiger partial charge in [-0.05, 0) is 57.1 Å². The summed E-state index contributed by atoms with van der Waals surface area (Å²) in [5.74, 6) is 0.168. The van der Waals surface area contributed by atoms with Crippen LogP contribution >= 0.6 is 0 Å². The van der Waals surface area contributed by atoms with Gasteiger partial charge in [0, 0.05) is 50.7 Å². The molecule has 1 saturated heterocycles. The normalized spacial score (nSPS) is 23.4. The molecule has 2 N–H and O–H groups in total. The van der Waals surface area contributed by atoms with Gasteiger partial charge >= 0.3 is 0 Å². The Balaban J connectivity index is 1.20. The van der Waals surface area contributed by atoms with E-state index in [1.54, 1.807) is 12.1 Å². The first kappa shape index (κ1) is 22.0. The highest BCUT2D eigenvalue weighted by molar-refractivity contribution is 5.92. The average Bonchev–Trinajstić information content (AvgIpc) is 3.34. The summed E-state index contributed by atoms with van der Waals surface area (Å²) in [5.41, 5.74) is 2.49. The minimum Gasteiger partial charge on any atom is -0.365 e. The molecule has 1 saturated carbocycles. The number of amides is 1. The minimum atomic E-state index is -0.604. The lowest BCUT2D eigenvalue weighted by Crippen LogP contribution is -2.50. The Bertz CT molecular complexity index is 1090. The molecule has 2 atom stereocenters. The predicted octanol–water partition coefficient (Wildman–Crippen LogP) is 2.00. The zero-order valence-corrected chi connectivity index (χ0v) is 19.1. The number of nitrogens with zero attached hydrogens (tertiary/aromatic N) is 4. The van der Waals surface area contributed by atoms with Crippen LogP contribution in [0, 0.1) is 5.95 Å². The number of rotatable bonds is 4. The van der Waals surface area contributed by atoms with Crippen molar-refractivity contribution in [3.63, 3.8) is 0 Å². The molecule has 3 aliphatic rings. The molecule has 1 amide bonds. The molecule has 8 nitrogen and oxygen atoms in total. The van der Waals surface area contributed by atoms with Crippen LogP contribution in [-0.4, -0.2) is 65.0 Å². The number of hydrogen-bond donors (Lipinski definition) is 2. The number of aromatic amines is 1. The second kappa shape index (κ2) is 9.21. The Morgan fingerprint density at radius 1 is 1.12 bits per heavy atom. The zero-order chi connectivity index (χ0) is 22.9. The summed E-state index contributed by atoms with van der Waals surface area (Å²) in [5, 5.41) is 2.47. The number of carbonyl (C=O) groups is 1. The van der Waals surface area contributed by atoms with E-state index in [1.165, 1.54) is 7.05 Å². The predicted molar refractivity (Wildman–Crippen MR) is 123 cm³/mol. The van der Waals surface area contributed by atoms with Gasteiger partial charge < -0.3 is 15.2 Å². The summed E-state index contributed by atoms with van der Waals surface area (Å²) >= 11 is 0. The van der Waals surface area contributed by atoms with Crippen LogP contribution < -0.4 is 15.8 Å². The van der Waals surface area contributed by atoms with Crippen LogP contribution in [0.5, 0.6) is 0 Å². The summed E-state index contributed by atoms with van der Waals surface area (Å²) < 4.78 is 14.5. The first-order chi connectivity index (χ1) is 16.0. The largest absolute Gasteiger partial charge is 0.365 e. The molecule has 33 heavy (non-hydrogen) atoms. The number of aromatic nitrogens is 3. The molecule has 2 aromatic rings. The van der Waals surface area contributed by atoms with E-state index in [0.717, 1.165) is 75.1 Å². The number of carbonyl (C=O) groups excluding carboxylic acids is 1. The Kier molecular flexibility index (Phi) is 6.14. The maximum absolute atomic E-state index is 14.5. The van der Waals surface area contributed by atoms with Crippen LogP contribution in [0.4, 0.5) is 10.1 Å². The number of halogens is 1. The Hall–Kier alpha value is -2.81. The van der Waals surface area contributed by atoms with E-state index >= 15 is 0 Å². The lowest BCUT2D eigenvalue weighted by atomic mass is 9.96. The van der Waals surface area contributed by atoms with E-state index in [4.69, 9.17) is 4.98 Å². The molecule has 2 aliphatic carbocycles. The second-order valence-electron chi connectivity index (χ2n) is 9.36. The summed E-state index contributed by atoms with van der Waals surface area (Å²) in [4.78, 5) is 40.5. The zero-order valence-electron chi connectivity index (χ0n) is 19.1. The molecule has 5 rings (SSSR count). The van der Waals surface area contributed by atoms with Crippen molar-refractivity contribution in [2.75, 3.05) is 38.1 Å². The smallest absolute Gasteiger partial charge is 0.269 e. The van der Waals surface area contributed by atoms with Crippen molar-refractivity contribution in [2.45, 2.75) is 56.9 Å².